The second kappa shape index (κ2) is 6.50. The van der Waals surface area contributed by atoms with Crippen LogP contribution in [-0.2, 0) is 4.79 Å². The third kappa shape index (κ3) is 3.46. The molecule has 1 aromatic rings. The molecule has 1 atom stereocenters. The van der Waals surface area contributed by atoms with E-state index in [2.05, 4.69) is 20.8 Å². The molecule has 108 valence electrons. The van der Waals surface area contributed by atoms with Crippen LogP contribution in [0.15, 0.2) is 28.7 Å². The number of ketones is 1. The first-order valence-corrected chi connectivity index (χ1v) is 7.57. The first kappa shape index (κ1) is 15.2. The van der Waals surface area contributed by atoms with E-state index in [4.69, 9.17) is 0 Å². The Kier molecular flexibility index (Phi) is 4.94. The predicted octanol–water partition coefficient (Wildman–Crippen LogP) is 2.18. The molecule has 0 aliphatic carbocycles. The van der Waals surface area contributed by atoms with E-state index in [0.29, 0.717) is 13.1 Å². The lowest BCUT2D eigenvalue weighted by atomic mass is 10.0. The van der Waals surface area contributed by atoms with Gasteiger partial charge in [-0.2, -0.15) is 0 Å². The fourth-order valence-corrected chi connectivity index (χ4v) is 2.71. The average Bonchev–Trinajstić information content (AvgIpc) is 2.46. The first-order valence-electron chi connectivity index (χ1n) is 6.78. The van der Waals surface area contributed by atoms with Crippen molar-refractivity contribution in [2.45, 2.75) is 19.9 Å². The molecule has 0 N–H and O–H groups in total. The van der Waals surface area contributed by atoms with Gasteiger partial charge >= 0.3 is 0 Å². The molecule has 1 aliphatic rings. The number of benzene rings is 1. The third-order valence-electron chi connectivity index (χ3n) is 3.82. The summed E-state index contributed by atoms with van der Waals surface area (Å²) in [6.45, 7) is 6.44. The van der Waals surface area contributed by atoms with Crippen LogP contribution in [0.1, 0.15) is 24.2 Å². The lowest BCUT2D eigenvalue weighted by Gasteiger charge is -2.37. The number of carbonyl (C=O) groups excluding carboxylic acids is 2. The Bertz CT molecular complexity index is 493. The summed E-state index contributed by atoms with van der Waals surface area (Å²) in [5.41, 5.74) is 0.731. The van der Waals surface area contributed by atoms with Crippen molar-refractivity contribution in [3.05, 3.63) is 34.3 Å². The van der Waals surface area contributed by atoms with E-state index in [1.807, 2.05) is 36.1 Å². The predicted molar refractivity (Wildman–Crippen MR) is 81.8 cm³/mol. The molecule has 0 bridgehead atoms. The summed E-state index contributed by atoms with van der Waals surface area (Å²) in [6, 6.07) is 7.30. The molecular weight excluding hydrogens is 320 g/mol. The van der Waals surface area contributed by atoms with Gasteiger partial charge in [-0.1, -0.05) is 28.1 Å². The molecule has 20 heavy (non-hydrogen) atoms. The Labute approximate surface area is 127 Å². The van der Waals surface area contributed by atoms with Gasteiger partial charge in [0.05, 0.1) is 6.04 Å². The molecule has 1 unspecified atom stereocenters. The molecular formula is C15H19BrN2O2. The molecule has 1 aliphatic heterocycles. The van der Waals surface area contributed by atoms with Gasteiger partial charge in [0.2, 0.25) is 5.91 Å². The minimum atomic E-state index is -0.148. The largest absolute Gasteiger partial charge is 0.340 e. The van der Waals surface area contributed by atoms with Crippen molar-refractivity contribution >= 4 is 27.6 Å². The first-order chi connectivity index (χ1) is 9.49. The molecule has 0 radical (unpaired) electrons. The van der Waals surface area contributed by atoms with Crippen molar-refractivity contribution in [2.75, 3.05) is 26.2 Å². The fraction of sp³-hybridized carbons (Fsp3) is 0.467. The highest BCUT2D eigenvalue weighted by Crippen LogP contribution is 2.15. The normalized spacial score (nSPS) is 17.9. The van der Waals surface area contributed by atoms with E-state index in [1.165, 1.54) is 0 Å². The van der Waals surface area contributed by atoms with Crippen molar-refractivity contribution in [3.63, 3.8) is 0 Å². The molecule has 0 spiro atoms. The van der Waals surface area contributed by atoms with Crippen LogP contribution < -0.4 is 0 Å². The van der Waals surface area contributed by atoms with Gasteiger partial charge in [0.25, 0.3) is 0 Å². The molecule has 1 saturated heterocycles. The highest BCUT2D eigenvalue weighted by Gasteiger charge is 2.26. The Hall–Kier alpha value is -1.20. The van der Waals surface area contributed by atoms with E-state index in [-0.39, 0.29) is 17.7 Å². The molecule has 1 aromatic carbocycles. The van der Waals surface area contributed by atoms with E-state index >= 15 is 0 Å². The highest BCUT2D eigenvalue weighted by molar-refractivity contribution is 9.10. The van der Waals surface area contributed by atoms with E-state index in [1.54, 1.807) is 6.92 Å². The van der Waals surface area contributed by atoms with Crippen LogP contribution in [0, 0.1) is 0 Å². The van der Waals surface area contributed by atoms with Crippen LogP contribution in [0.5, 0.6) is 0 Å². The summed E-state index contributed by atoms with van der Waals surface area (Å²) in [5, 5.41) is 0. The highest BCUT2D eigenvalue weighted by atomic mass is 79.9. The number of rotatable bonds is 3. The Balaban J connectivity index is 1.98. The second-order valence-electron chi connectivity index (χ2n) is 5.09. The second-order valence-corrected chi connectivity index (χ2v) is 6.00. The molecule has 1 amide bonds. The van der Waals surface area contributed by atoms with Gasteiger partial charge in [-0.05, 0) is 19.1 Å². The van der Waals surface area contributed by atoms with Crippen LogP contribution in [0.2, 0.25) is 0 Å². The zero-order valence-corrected chi connectivity index (χ0v) is 13.4. The maximum Gasteiger partial charge on any atom is 0.219 e. The van der Waals surface area contributed by atoms with E-state index in [0.717, 1.165) is 23.1 Å². The lowest BCUT2D eigenvalue weighted by Crippen LogP contribution is -2.52. The number of hydrogen-bond donors (Lipinski definition) is 0. The summed E-state index contributed by atoms with van der Waals surface area (Å²) in [5.74, 6) is 0.241. The number of Topliss-reactive ketones (excluding diaryl/α,β-unsaturated/α-hetero) is 1. The van der Waals surface area contributed by atoms with Crippen molar-refractivity contribution in [1.82, 2.24) is 9.80 Å². The molecule has 0 aromatic heterocycles. The van der Waals surface area contributed by atoms with Gasteiger partial charge in [-0.3, -0.25) is 14.5 Å². The number of carbonyl (C=O) groups is 2. The summed E-state index contributed by atoms with van der Waals surface area (Å²) in [6.07, 6.45) is 0. The fourth-order valence-electron chi connectivity index (χ4n) is 2.45. The van der Waals surface area contributed by atoms with Crippen LogP contribution in [0.3, 0.4) is 0 Å². The smallest absolute Gasteiger partial charge is 0.219 e. The topological polar surface area (TPSA) is 40.6 Å². The van der Waals surface area contributed by atoms with Crippen molar-refractivity contribution < 1.29 is 9.59 Å². The molecule has 0 saturated carbocycles. The van der Waals surface area contributed by atoms with Crippen molar-refractivity contribution in [1.29, 1.82) is 0 Å². The zero-order chi connectivity index (χ0) is 14.7. The average molecular weight is 339 g/mol. The molecule has 1 heterocycles. The van der Waals surface area contributed by atoms with Gasteiger partial charge in [-0.15, -0.1) is 0 Å². The standard InChI is InChI=1S/C15H19BrN2O2/c1-11(15(20)13-3-5-14(16)6-4-13)17-7-9-18(10-8-17)12(2)19/h3-6,11H,7-10H2,1-2H3. The van der Waals surface area contributed by atoms with E-state index in [9.17, 15) is 9.59 Å². The van der Waals surface area contributed by atoms with Gasteiger partial charge in [0.1, 0.15) is 0 Å². The Morgan fingerprint density at radius 1 is 1.10 bits per heavy atom. The summed E-state index contributed by atoms with van der Waals surface area (Å²) < 4.78 is 0.969. The third-order valence-corrected chi connectivity index (χ3v) is 4.34. The van der Waals surface area contributed by atoms with Crippen LogP contribution >= 0.6 is 15.9 Å². The van der Waals surface area contributed by atoms with E-state index < -0.39 is 0 Å². The van der Waals surface area contributed by atoms with Gasteiger partial charge in [0.15, 0.2) is 5.78 Å². The van der Waals surface area contributed by atoms with Crippen molar-refractivity contribution in [2.24, 2.45) is 0 Å². The van der Waals surface area contributed by atoms with Gasteiger partial charge < -0.3 is 4.90 Å². The summed E-state index contributed by atoms with van der Waals surface area (Å²) in [4.78, 5) is 27.7. The summed E-state index contributed by atoms with van der Waals surface area (Å²) >= 11 is 3.37. The number of halogens is 1. The number of nitrogens with zero attached hydrogens (tertiary/aromatic N) is 2. The van der Waals surface area contributed by atoms with Gasteiger partial charge in [-0.25, -0.2) is 0 Å². The van der Waals surface area contributed by atoms with Gasteiger partial charge in [0, 0.05) is 43.1 Å². The Morgan fingerprint density at radius 2 is 1.65 bits per heavy atom. The Morgan fingerprint density at radius 3 is 2.15 bits per heavy atom. The lowest BCUT2D eigenvalue weighted by molar-refractivity contribution is -0.130. The minimum Gasteiger partial charge on any atom is -0.340 e. The monoisotopic (exact) mass is 338 g/mol. The zero-order valence-electron chi connectivity index (χ0n) is 11.8. The molecule has 4 nitrogen and oxygen atoms in total. The van der Waals surface area contributed by atoms with Crippen molar-refractivity contribution in [3.8, 4) is 0 Å². The maximum atomic E-state index is 12.4. The molecule has 1 fully saturated rings. The van der Waals surface area contributed by atoms with Crippen LogP contribution in [0.4, 0.5) is 0 Å². The van der Waals surface area contributed by atoms with Crippen LogP contribution in [-0.4, -0.2) is 53.7 Å². The SMILES string of the molecule is CC(=O)N1CCN(C(C)C(=O)c2ccc(Br)cc2)CC1. The number of amides is 1. The molecule has 2 rings (SSSR count). The molecule has 5 heteroatoms. The number of piperazine rings is 1. The number of hydrogen-bond acceptors (Lipinski definition) is 3. The quantitative estimate of drug-likeness (QED) is 0.793. The van der Waals surface area contributed by atoms with Crippen LogP contribution in [0.25, 0.3) is 0 Å². The minimum absolute atomic E-state index is 0.108. The maximum absolute atomic E-state index is 12.4. The summed E-state index contributed by atoms with van der Waals surface area (Å²) in [7, 11) is 0.